The van der Waals surface area contributed by atoms with Crippen LogP contribution in [0, 0.1) is 45.8 Å². The number of aliphatic imine (C=N–C) groups is 1. The summed E-state index contributed by atoms with van der Waals surface area (Å²) in [5.74, 6) is -0.0739. The molecule has 10 atom stereocenters. The quantitative estimate of drug-likeness (QED) is 0.123. The van der Waals surface area contributed by atoms with Gasteiger partial charge in [-0.25, -0.2) is 4.79 Å². The van der Waals surface area contributed by atoms with E-state index < -0.39 is 33.7 Å². The third-order valence-electron chi connectivity index (χ3n) is 13.0. The summed E-state index contributed by atoms with van der Waals surface area (Å²) in [7, 11) is 1.69. The Bertz CT molecular complexity index is 1380. The maximum Gasteiger partial charge on any atom is 0.334 e. The van der Waals surface area contributed by atoms with E-state index in [9.17, 15) is 20.1 Å². The number of allylic oxidation sites excluding steroid dienone is 4. The highest BCUT2D eigenvalue weighted by Crippen LogP contribution is 2.82. The number of hydrogen-bond acceptors (Lipinski definition) is 6. The van der Waals surface area contributed by atoms with Crippen LogP contribution in [0.4, 0.5) is 0 Å². The van der Waals surface area contributed by atoms with Crippen molar-refractivity contribution in [3.05, 3.63) is 59.9 Å². The molecule has 1 aliphatic heterocycles. The summed E-state index contributed by atoms with van der Waals surface area (Å²) < 4.78 is 6.69. The van der Waals surface area contributed by atoms with E-state index in [-0.39, 0.29) is 42.6 Å². The normalized spacial score (nSPS) is 45.0. The van der Waals surface area contributed by atoms with Crippen LogP contribution in [0.25, 0.3) is 0 Å². The van der Waals surface area contributed by atoms with Crippen LogP contribution in [0.5, 0.6) is 0 Å². The largest absolute Gasteiger partial charge is 0.478 e. The first kappa shape index (κ1) is 30.0. The molecule has 2 bridgehead atoms. The first-order valence-corrected chi connectivity index (χ1v) is 16.6. The van der Waals surface area contributed by atoms with Crippen LogP contribution in [0.3, 0.4) is 0 Å². The zero-order valence-corrected chi connectivity index (χ0v) is 26.0. The molecule has 0 aromatic rings. The third-order valence-corrected chi connectivity index (χ3v) is 13.0. The van der Waals surface area contributed by atoms with Crippen molar-refractivity contribution in [1.29, 1.82) is 0 Å². The number of nitrogens with one attached hydrogen (secondary N) is 1. The number of aliphatic carboxylic acids is 1. The molecule has 0 radical (unpaired) electrons. The van der Waals surface area contributed by atoms with Crippen molar-refractivity contribution < 1.29 is 24.9 Å². The van der Waals surface area contributed by atoms with Gasteiger partial charge < -0.3 is 36.0 Å². The second kappa shape index (κ2) is 10.7. The highest BCUT2D eigenvalue weighted by atomic mass is 16.5. The predicted octanol–water partition coefficient (Wildman–Crippen LogP) is 2.99. The Labute approximate surface area is 260 Å². The fourth-order valence-electron chi connectivity index (χ4n) is 11.4. The molecule has 7 aliphatic rings. The van der Waals surface area contributed by atoms with E-state index in [1.807, 2.05) is 11.1 Å². The van der Waals surface area contributed by atoms with Crippen molar-refractivity contribution in [1.82, 2.24) is 10.2 Å². The molecule has 0 aromatic heterocycles. The van der Waals surface area contributed by atoms with E-state index in [1.165, 1.54) is 0 Å². The topological polar surface area (TPSA) is 141 Å². The molecule has 9 heteroatoms. The van der Waals surface area contributed by atoms with Crippen LogP contribution in [-0.2, 0) is 9.53 Å². The lowest BCUT2D eigenvalue weighted by atomic mass is 9.37. The number of hydrogen-bond donors (Lipinski definition) is 5. The number of carboxylic acid groups (broad SMARTS) is 1. The van der Waals surface area contributed by atoms with E-state index in [1.54, 1.807) is 7.05 Å². The Morgan fingerprint density at radius 3 is 2.77 bits per heavy atom. The molecule has 2 spiro atoms. The molecule has 1 heterocycles. The molecule has 238 valence electrons. The minimum Gasteiger partial charge on any atom is -0.478 e. The van der Waals surface area contributed by atoms with Crippen LogP contribution in [0.1, 0.15) is 45.4 Å². The molecule has 44 heavy (non-hydrogen) atoms. The number of nitrogens with two attached hydrogens (primary N) is 1. The second-order valence-corrected chi connectivity index (χ2v) is 14.4. The highest BCUT2D eigenvalue weighted by molar-refractivity contribution is 5.92. The molecular formula is C35H48N4O5. The molecule has 0 saturated heterocycles. The molecule has 0 unspecified atom stereocenters. The van der Waals surface area contributed by atoms with Crippen molar-refractivity contribution in [3.8, 4) is 0 Å². The summed E-state index contributed by atoms with van der Waals surface area (Å²) in [6.45, 7) is 3.91. The molecule has 0 aromatic carbocycles. The van der Waals surface area contributed by atoms with Crippen molar-refractivity contribution >= 4 is 11.9 Å². The van der Waals surface area contributed by atoms with E-state index in [0.29, 0.717) is 37.9 Å². The van der Waals surface area contributed by atoms with Gasteiger partial charge in [0.15, 0.2) is 5.96 Å². The number of guanidine groups is 1. The minimum absolute atomic E-state index is 0.0328. The van der Waals surface area contributed by atoms with Crippen LogP contribution in [0.15, 0.2) is 64.9 Å². The van der Waals surface area contributed by atoms with Gasteiger partial charge in [0.1, 0.15) is 5.60 Å². The summed E-state index contributed by atoms with van der Waals surface area (Å²) in [5.41, 5.74) is 4.36. The summed E-state index contributed by atoms with van der Waals surface area (Å²) in [6.07, 6.45) is 22.9. The van der Waals surface area contributed by atoms with Crippen LogP contribution >= 0.6 is 0 Å². The molecule has 3 fully saturated rings. The van der Waals surface area contributed by atoms with Gasteiger partial charge in [-0.2, -0.15) is 0 Å². The fourth-order valence-corrected chi connectivity index (χ4v) is 11.4. The van der Waals surface area contributed by atoms with E-state index >= 15 is 0 Å². The first-order chi connectivity index (χ1) is 21.2. The number of aliphatic hydroxyl groups is 2. The van der Waals surface area contributed by atoms with Crippen molar-refractivity contribution in [2.45, 2.75) is 57.2 Å². The maximum atomic E-state index is 13.4. The van der Waals surface area contributed by atoms with Crippen molar-refractivity contribution in [3.63, 3.8) is 0 Å². The standard InChI is InChI=1S/C35H48N4O5/c1-22-10-11-24-18-26-29(30(41)42)33(43,21-44-27-9-5-7-23-6-3-4-8-25(23)27)28-12-13-32(19-38-15-17-40)14-16-39(31(36)37-2)20-34(24,32)35(22,26)28/h3-4,6,8,12-14,16,22-25,27-28,38,40,43H,5,7,9-11,15,17-21H2,1-2H3,(H2,36,37)(H,41,42)/t22-,23+,24-,25-,27+,28-,32-,33-,34-,35+/m1/s1. The number of ether oxygens (including phenoxy) is 1. The van der Waals surface area contributed by atoms with Gasteiger partial charge in [0.2, 0.25) is 0 Å². The second-order valence-electron chi connectivity index (χ2n) is 14.4. The highest BCUT2D eigenvalue weighted by Gasteiger charge is 2.82. The Morgan fingerprint density at radius 2 is 2.00 bits per heavy atom. The average Bonchev–Trinajstić information content (AvgIpc) is 3.37. The maximum absolute atomic E-state index is 13.4. The van der Waals surface area contributed by atoms with Gasteiger partial charge in [-0.15, -0.1) is 0 Å². The molecule has 6 N–H and O–H groups in total. The average molecular weight is 605 g/mol. The molecule has 9 nitrogen and oxygen atoms in total. The van der Waals surface area contributed by atoms with Gasteiger partial charge in [0, 0.05) is 61.0 Å². The van der Waals surface area contributed by atoms with Crippen molar-refractivity contribution in [2.24, 2.45) is 56.6 Å². The van der Waals surface area contributed by atoms with Crippen LogP contribution in [-0.4, -0.2) is 83.7 Å². The van der Waals surface area contributed by atoms with Gasteiger partial charge in [-0.3, -0.25) is 4.99 Å². The Hall–Kier alpha value is -2.72. The summed E-state index contributed by atoms with van der Waals surface area (Å²) in [6, 6.07) is 0. The zero-order valence-electron chi connectivity index (χ0n) is 26.0. The smallest absolute Gasteiger partial charge is 0.334 e. The fraction of sp³-hybridized carbons (Fsp3) is 0.657. The van der Waals surface area contributed by atoms with E-state index in [0.717, 1.165) is 37.7 Å². The Kier molecular flexibility index (Phi) is 7.27. The van der Waals surface area contributed by atoms with Gasteiger partial charge in [0.25, 0.3) is 0 Å². The number of carboxylic acids is 1. The van der Waals surface area contributed by atoms with Crippen molar-refractivity contribution in [2.75, 3.05) is 39.9 Å². The van der Waals surface area contributed by atoms with Crippen LogP contribution < -0.4 is 11.1 Å². The van der Waals surface area contributed by atoms with E-state index in [4.69, 9.17) is 10.5 Å². The Morgan fingerprint density at radius 1 is 1.18 bits per heavy atom. The van der Waals surface area contributed by atoms with Gasteiger partial charge in [-0.1, -0.05) is 55.9 Å². The first-order valence-electron chi connectivity index (χ1n) is 16.6. The molecular weight excluding hydrogens is 556 g/mol. The summed E-state index contributed by atoms with van der Waals surface area (Å²) >= 11 is 0. The van der Waals surface area contributed by atoms with Gasteiger partial charge >= 0.3 is 5.97 Å². The molecule has 3 saturated carbocycles. The summed E-state index contributed by atoms with van der Waals surface area (Å²) in [4.78, 5) is 19.7. The van der Waals surface area contributed by atoms with E-state index in [2.05, 4.69) is 59.8 Å². The summed E-state index contributed by atoms with van der Waals surface area (Å²) in [5, 5.41) is 37.0. The molecule has 6 aliphatic carbocycles. The predicted molar refractivity (Wildman–Crippen MR) is 168 cm³/mol. The van der Waals surface area contributed by atoms with Gasteiger partial charge in [0.05, 0.1) is 24.9 Å². The SMILES string of the molecule is CN=C(N)N1C=C[C@@]2(CNCCO)C=C[C@H]3[C@@]45C(=C(C(=O)O)[C@@]3(O)CO[C@H]3CCC[C@@H]6C=CC=C[C@@H]36)C[C@@H](CC[C@H]4C)[C@]25C1. The van der Waals surface area contributed by atoms with Gasteiger partial charge in [-0.05, 0) is 55.4 Å². The number of fused-ring (bicyclic) bond motifs is 1. The molecule has 0 amide bonds. The Balaban J connectivity index is 1.37. The third kappa shape index (κ3) is 3.73. The lowest BCUT2D eigenvalue weighted by molar-refractivity contribution is -0.180. The lowest BCUT2D eigenvalue weighted by Gasteiger charge is -2.68. The number of rotatable bonds is 8. The minimum atomic E-state index is -1.66. The monoisotopic (exact) mass is 604 g/mol. The molecule has 7 rings (SSSR count). The number of nitrogens with zero attached hydrogens (tertiary/aromatic N) is 2. The number of carbonyl (C=O) groups is 1. The zero-order chi connectivity index (χ0) is 30.9. The lowest BCUT2D eigenvalue weighted by Crippen LogP contribution is -2.70. The number of aliphatic hydroxyl groups excluding tert-OH is 1. The van der Waals surface area contributed by atoms with Crippen LogP contribution in [0.2, 0.25) is 0 Å².